The minimum absolute atomic E-state index is 0.0733. The summed E-state index contributed by atoms with van der Waals surface area (Å²) in [4.78, 5) is 0.252. The van der Waals surface area contributed by atoms with Gasteiger partial charge in [-0.1, -0.05) is 22.9 Å². The summed E-state index contributed by atoms with van der Waals surface area (Å²) in [6, 6.07) is 4.99. The third kappa shape index (κ3) is 3.55. The van der Waals surface area contributed by atoms with Gasteiger partial charge in [-0.25, -0.2) is 13.1 Å². The Balaban J connectivity index is 3.12. The molecule has 1 unspecified atom stereocenters. The lowest BCUT2D eigenvalue weighted by Gasteiger charge is -2.13. The third-order valence-electron chi connectivity index (χ3n) is 2.15. The Morgan fingerprint density at radius 2 is 2.00 bits per heavy atom. The highest BCUT2D eigenvalue weighted by atomic mass is 79.9. The van der Waals surface area contributed by atoms with Gasteiger partial charge in [0.2, 0.25) is 10.0 Å². The highest BCUT2D eigenvalue weighted by molar-refractivity contribution is 9.11. The molecule has 0 radical (unpaired) electrons. The minimum atomic E-state index is -3.45. The first-order valence-corrected chi connectivity index (χ1v) is 7.91. The van der Waals surface area contributed by atoms with E-state index in [1.807, 2.05) is 13.8 Å². The van der Waals surface area contributed by atoms with Crippen molar-refractivity contribution in [1.29, 1.82) is 0 Å². The maximum absolute atomic E-state index is 12.0. The van der Waals surface area contributed by atoms with Gasteiger partial charge in [-0.05, 0) is 47.5 Å². The molecule has 0 heterocycles. The number of nitrogens with one attached hydrogen (secondary N) is 1. The molecule has 0 aliphatic rings. The Morgan fingerprint density at radius 1 is 1.38 bits per heavy atom. The van der Waals surface area contributed by atoms with Crippen LogP contribution < -0.4 is 4.72 Å². The fraction of sp³-hybridized carbons (Fsp3) is 0.400. The molecule has 16 heavy (non-hydrogen) atoms. The topological polar surface area (TPSA) is 46.2 Å². The van der Waals surface area contributed by atoms with Crippen LogP contribution in [-0.4, -0.2) is 14.5 Å². The molecule has 0 saturated carbocycles. The second-order valence-corrected chi connectivity index (χ2v) is 6.96. The van der Waals surface area contributed by atoms with Crippen molar-refractivity contribution in [2.45, 2.75) is 31.2 Å². The molecule has 1 aromatic rings. The molecule has 0 spiro atoms. The second kappa shape index (κ2) is 5.62. The van der Waals surface area contributed by atoms with E-state index in [1.54, 1.807) is 18.2 Å². The third-order valence-corrected chi connectivity index (χ3v) is 5.23. The zero-order valence-electron chi connectivity index (χ0n) is 9.00. The summed E-state index contributed by atoms with van der Waals surface area (Å²) < 4.78 is 27.9. The molecule has 0 bridgehead atoms. The predicted octanol–water partition coefficient (Wildman–Crippen LogP) is 3.29. The van der Waals surface area contributed by atoms with E-state index in [4.69, 9.17) is 0 Å². The van der Waals surface area contributed by atoms with E-state index in [1.165, 1.54) is 0 Å². The molecule has 90 valence electrons. The van der Waals surface area contributed by atoms with E-state index < -0.39 is 10.0 Å². The lowest BCUT2D eigenvalue weighted by molar-refractivity contribution is 0.555. The van der Waals surface area contributed by atoms with Crippen LogP contribution in [0, 0.1) is 0 Å². The normalized spacial score (nSPS) is 13.8. The maximum atomic E-state index is 12.0. The number of halogens is 2. The standard InChI is InChI=1S/C10H13Br2NO2S/c1-3-7(2)13-16(14,15)10-6-8(11)4-5-9(10)12/h4-7,13H,3H2,1-2H3. The van der Waals surface area contributed by atoms with Gasteiger partial charge in [-0.2, -0.15) is 0 Å². The van der Waals surface area contributed by atoms with Crippen LogP contribution in [-0.2, 0) is 10.0 Å². The summed E-state index contributed by atoms with van der Waals surface area (Å²) in [5.74, 6) is 0. The van der Waals surface area contributed by atoms with Gasteiger partial charge in [0.25, 0.3) is 0 Å². The van der Waals surface area contributed by atoms with Crippen LogP contribution in [0.1, 0.15) is 20.3 Å². The van der Waals surface area contributed by atoms with Crippen LogP contribution in [0.2, 0.25) is 0 Å². The molecule has 1 N–H and O–H groups in total. The first-order valence-electron chi connectivity index (χ1n) is 4.84. The summed E-state index contributed by atoms with van der Waals surface area (Å²) in [5, 5.41) is 0. The van der Waals surface area contributed by atoms with Gasteiger partial charge < -0.3 is 0 Å². The molecule has 0 fully saturated rings. The monoisotopic (exact) mass is 369 g/mol. The lowest BCUT2D eigenvalue weighted by Crippen LogP contribution is -2.32. The maximum Gasteiger partial charge on any atom is 0.241 e. The average molecular weight is 371 g/mol. The fourth-order valence-corrected chi connectivity index (χ4v) is 3.92. The minimum Gasteiger partial charge on any atom is -0.208 e. The fourth-order valence-electron chi connectivity index (χ4n) is 1.09. The molecule has 6 heteroatoms. The summed E-state index contributed by atoms with van der Waals surface area (Å²) in [6.07, 6.45) is 0.755. The number of hydrogen-bond donors (Lipinski definition) is 1. The van der Waals surface area contributed by atoms with Gasteiger partial charge in [0.05, 0.1) is 4.90 Å². The van der Waals surface area contributed by atoms with Gasteiger partial charge in [0.1, 0.15) is 0 Å². The van der Waals surface area contributed by atoms with Crippen molar-refractivity contribution in [2.75, 3.05) is 0 Å². The van der Waals surface area contributed by atoms with E-state index in [0.717, 1.165) is 10.9 Å². The van der Waals surface area contributed by atoms with Crippen LogP contribution >= 0.6 is 31.9 Å². The zero-order chi connectivity index (χ0) is 12.3. The second-order valence-electron chi connectivity index (χ2n) is 3.51. The molecular weight excluding hydrogens is 358 g/mol. The Kier molecular flexibility index (Phi) is 4.97. The first kappa shape index (κ1) is 14.2. The van der Waals surface area contributed by atoms with E-state index in [0.29, 0.717) is 4.47 Å². The predicted molar refractivity (Wildman–Crippen MR) is 71.9 cm³/mol. The molecule has 1 atom stereocenters. The van der Waals surface area contributed by atoms with Gasteiger partial charge in [0.15, 0.2) is 0 Å². The number of rotatable bonds is 4. The molecule has 0 amide bonds. The molecule has 0 aliphatic carbocycles. The smallest absolute Gasteiger partial charge is 0.208 e. The largest absolute Gasteiger partial charge is 0.241 e. The van der Waals surface area contributed by atoms with Gasteiger partial charge in [-0.15, -0.1) is 0 Å². The van der Waals surface area contributed by atoms with E-state index in [2.05, 4.69) is 36.6 Å². The first-order chi connectivity index (χ1) is 7.36. The van der Waals surface area contributed by atoms with Crippen molar-refractivity contribution in [2.24, 2.45) is 0 Å². The molecule has 0 aliphatic heterocycles. The van der Waals surface area contributed by atoms with Crippen molar-refractivity contribution in [1.82, 2.24) is 4.72 Å². The van der Waals surface area contributed by atoms with E-state index in [-0.39, 0.29) is 10.9 Å². The molecule has 0 saturated heterocycles. The Hall–Kier alpha value is 0.0900. The van der Waals surface area contributed by atoms with Crippen molar-refractivity contribution in [3.05, 3.63) is 27.1 Å². The zero-order valence-corrected chi connectivity index (χ0v) is 13.0. The number of hydrogen-bond acceptors (Lipinski definition) is 2. The summed E-state index contributed by atoms with van der Waals surface area (Å²) in [7, 11) is -3.45. The number of sulfonamides is 1. The van der Waals surface area contributed by atoms with Crippen molar-refractivity contribution < 1.29 is 8.42 Å². The van der Waals surface area contributed by atoms with Crippen LogP contribution in [0.4, 0.5) is 0 Å². The van der Waals surface area contributed by atoms with Gasteiger partial charge >= 0.3 is 0 Å². The quantitative estimate of drug-likeness (QED) is 0.883. The highest BCUT2D eigenvalue weighted by Gasteiger charge is 2.19. The SMILES string of the molecule is CCC(C)NS(=O)(=O)c1cc(Br)ccc1Br. The van der Waals surface area contributed by atoms with Crippen LogP contribution in [0.25, 0.3) is 0 Å². The molecule has 0 aromatic heterocycles. The Morgan fingerprint density at radius 3 is 2.56 bits per heavy atom. The summed E-state index contributed by atoms with van der Waals surface area (Å²) in [5.41, 5.74) is 0. The van der Waals surface area contributed by atoms with Crippen LogP contribution in [0.5, 0.6) is 0 Å². The highest BCUT2D eigenvalue weighted by Crippen LogP contribution is 2.25. The van der Waals surface area contributed by atoms with Crippen LogP contribution in [0.15, 0.2) is 32.0 Å². The van der Waals surface area contributed by atoms with Crippen molar-refractivity contribution >= 4 is 41.9 Å². The molecule has 3 nitrogen and oxygen atoms in total. The van der Waals surface area contributed by atoms with E-state index in [9.17, 15) is 8.42 Å². The number of benzene rings is 1. The Bertz CT molecular complexity index is 474. The van der Waals surface area contributed by atoms with Gasteiger partial charge in [0, 0.05) is 15.0 Å². The molecule has 1 aromatic carbocycles. The summed E-state index contributed by atoms with van der Waals surface area (Å²) >= 11 is 6.50. The van der Waals surface area contributed by atoms with Crippen LogP contribution in [0.3, 0.4) is 0 Å². The summed E-state index contributed by atoms with van der Waals surface area (Å²) in [6.45, 7) is 3.77. The van der Waals surface area contributed by atoms with Crippen molar-refractivity contribution in [3.63, 3.8) is 0 Å². The van der Waals surface area contributed by atoms with Crippen molar-refractivity contribution in [3.8, 4) is 0 Å². The molecule has 1 rings (SSSR count). The molecular formula is C10H13Br2NO2S. The Labute approximate surface area is 113 Å². The van der Waals surface area contributed by atoms with E-state index >= 15 is 0 Å². The lowest BCUT2D eigenvalue weighted by atomic mass is 10.3. The van der Waals surface area contributed by atoms with Gasteiger partial charge in [-0.3, -0.25) is 0 Å². The average Bonchev–Trinajstić information content (AvgIpc) is 2.20.